The minimum Gasteiger partial charge on any atom is -0.383 e. The summed E-state index contributed by atoms with van der Waals surface area (Å²) in [4.78, 5) is 17.7. The highest BCUT2D eigenvalue weighted by molar-refractivity contribution is 9.12. The van der Waals surface area contributed by atoms with Gasteiger partial charge in [0.2, 0.25) is 5.91 Å². The number of aryl methyl sites for hydroxylation is 2. The predicted octanol–water partition coefficient (Wildman–Crippen LogP) is 5.89. The van der Waals surface area contributed by atoms with Gasteiger partial charge in [-0.05, 0) is 128 Å². The van der Waals surface area contributed by atoms with Crippen molar-refractivity contribution in [1.29, 1.82) is 0 Å². The number of carbonyl (C=O) groups is 1. The number of nitrogens with one attached hydrogen (secondary N) is 1. The average Bonchev–Trinajstić information content (AvgIpc) is 2.97. The molecule has 1 aromatic carbocycles. The molecule has 3 heterocycles. The summed E-state index contributed by atoms with van der Waals surface area (Å²) >= 11 is 7.64. The van der Waals surface area contributed by atoms with Crippen LogP contribution in [0.4, 0.5) is 0 Å². The van der Waals surface area contributed by atoms with E-state index in [1.807, 2.05) is 0 Å². The smallest absolute Gasteiger partial charge is 0.222 e. The highest BCUT2D eigenvalue weighted by Gasteiger charge is 2.40. The third-order valence-corrected chi connectivity index (χ3v) is 9.67. The molecule has 1 amide bonds. The molecule has 1 unspecified atom stereocenters. The van der Waals surface area contributed by atoms with E-state index in [0.29, 0.717) is 29.7 Å². The van der Waals surface area contributed by atoms with Crippen LogP contribution < -0.4 is 5.32 Å². The number of allylic oxidation sites excluding steroid dienone is 2. The van der Waals surface area contributed by atoms with Crippen molar-refractivity contribution in [2.45, 2.75) is 63.8 Å². The van der Waals surface area contributed by atoms with Crippen LogP contribution in [0.15, 0.2) is 38.9 Å². The number of dihydropyridines is 1. The fourth-order valence-electron chi connectivity index (χ4n) is 6.66. The second kappa shape index (κ2) is 10.5. The van der Waals surface area contributed by atoms with Crippen molar-refractivity contribution in [1.82, 2.24) is 15.1 Å². The quantitative estimate of drug-likeness (QED) is 0.477. The number of fused-ring (bicyclic) bond motifs is 2. The Morgan fingerprint density at radius 3 is 2.53 bits per heavy atom. The minimum absolute atomic E-state index is 0.327. The molecule has 1 aromatic rings. The summed E-state index contributed by atoms with van der Waals surface area (Å²) < 4.78 is 2.39. The Balaban J connectivity index is 1.32. The van der Waals surface area contributed by atoms with Crippen molar-refractivity contribution in [2.24, 2.45) is 11.8 Å². The maximum atomic E-state index is 13.1. The molecule has 0 spiro atoms. The first-order valence-corrected chi connectivity index (χ1v) is 14.5. The molecule has 2 fully saturated rings. The third-order valence-electron chi connectivity index (χ3n) is 8.56. The molecular weight excluding hydrogens is 554 g/mol. The summed E-state index contributed by atoms with van der Waals surface area (Å²) in [6.07, 6.45) is 11.9. The van der Waals surface area contributed by atoms with Gasteiger partial charge in [-0.25, -0.2) is 0 Å². The Bertz CT molecular complexity index is 988. The van der Waals surface area contributed by atoms with Gasteiger partial charge >= 0.3 is 0 Å². The van der Waals surface area contributed by atoms with Gasteiger partial charge < -0.3 is 15.1 Å². The van der Waals surface area contributed by atoms with Crippen LogP contribution in [-0.2, 0) is 11.2 Å². The summed E-state index contributed by atoms with van der Waals surface area (Å²) in [6, 6.07) is 5.01. The zero-order valence-electron chi connectivity index (χ0n) is 20.5. The molecule has 0 aromatic heterocycles. The number of nitrogens with zero attached hydrogens (tertiary/aromatic N) is 2. The van der Waals surface area contributed by atoms with E-state index in [4.69, 9.17) is 0 Å². The van der Waals surface area contributed by atoms with E-state index in [0.717, 1.165) is 75.6 Å². The second-order valence-electron chi connectivity index (χ2n) is 10.9. The summed E-state index contributed by atoms with van der Waals surface area (Å²) in [7, 11) is 2.18. The number of halogens is 2. The molecule has 3 aliphatic heterocycles. The van der Waals surface area contributed by atoms with Crippen molar-refractivity contribution in [3.63, 3.8) is 0 Å². The van der Waals surface area contributed by atoms with Crippen LogP contribution in [0.25, 0.3) is 0 Å². The Kier molecular flexibility index (Phi) is 7.57. The number of piperidine rings is 2. The van der Waals surface area contributed by atoms with Gasteiger partial charge in [-0.2, -0.15) is 0 Å². The molecule has 2 saturated heterocycles. The van der Waals surface area contributed by atoms with E-state index >= 15 is 0 Å². The van der Waals surface area contributed by atoms with Gasteiger partial charge in [0.05, 0.1) is 6.04 Å². The van der Waals surface area contributed by atoms with E-state index in [1.54, 1.807) is 0 Å². The number of benzene rings is 1. The van der Waals surface area contributed by atoms with Crippen molar-refractivity contribution >= 4 is 37.8 Å². The normalized spacial score (nSPS) is 26.6. The summed E-state index contributed by atoms with van der Waals surface area (Å²) in [6.45, 7) is 6.25. The van der Waals surface area contributed by atoms with Gasteiger partial charge in [0.1, 0.15) is 0 Å². The number of amides is 1. The molecule has 184 valence electrons. The molecule has 1 aliphatic carbocycles. The minimum atomic E-state index is 0.327. The molecule has 2 atom stereocenters. The Morgan fingerprint density at radius 1 is 1.06 bits per heavy atom. The highest BCUT2D eigenvalue weighted by atomic mass is 79.9. The van der Waals surface area contributed by atoms with Crippen molar-refractivity contribution < 1.29 is 4.79 Å². The van der Waals surface area contributed by atoms with Crippen LogP contribution in [0.2, 0.25) is 0 Å². The van der Waals surface area contributed by atoms with Crippen LogP contribution in [0.1, 0.15) is 61.1 Å². The SMILES string of the molecule is Cc1cc(Br)c2c(c1)CCC1=CC(Br)=CNC1[C@@H]2C1CCN(C(=O)CC2CCN(C)CC2)CC1. The second-order valence-corrected chi connectivity index (χ2v) is 12.7. The molecular formula is C28H37Br2N3O. The first-order chi connectivity index (χ1) is 16.4. The van der Waals surface area contributed by atoms with Gasteiger partial charge in [-0.3, -0.25) is 4.79 Å². The Morgan fingerprint density at radius 2 is 1.79 bits per heavy atom. The van der Waals surface area contributed by atoms with Crippen molar-refractivity contribution in [3.8, 4) is 0 Å². The molecule has 1 N–H and O–H groups in total. The fraction of sp³-hybridized carbons (Fsp3) is 0.607. The highest BCUT2D eigenvalue weighted by Crippen LogP contribution is 2.46. The van der Waals surface area contributed by atoms with E-state index < -0.39 is 0 Å². The van der Waals surface area contributed by atoms with Gasteiger partial charge in [0.15, 0.2) is 0 Å². The Labute approximate surface area is 221 Å². The van der Waals surface area contributed by atoms with E-state index in [9.17, 15) is 4.79 Å². The fourth-order valence-corrected chi connectivity index (χ4v) is 7.96. The molecule has 4 nitrogen and oxygen atoms in total. The summed E-state index contributed by atoms with van der Waals surface area (Å²) in [5.41, 5.74) is 5.81. The van der Waals surface area contributed by atoms with E-state index in [-0.39, 0.29) is 0 Å². The maximum absolute atomic E-state index is 13.1. The van der Waals surface area contributed by atoms with Gasteiger partial charge in [0, 0.05) is 40.6 Å². The van der Waals surface area contributed by atoms with Crippen LogP contribution in [0, 0.1) is 18.8 Å². The van der Waals surface area contributed by atoms with Crippen LogP contribution in [0.5, 0.6) is 0 Å². The molecule has 0 bridgehead atoms. The first kappa shape index (κ1) is 24.6. The zero-order valence-corrected chi connectivity index (χ0v) is 23.6. The van der Waals surface area contributed by atoms with E-state index in [2.05, 4.69) is 85.4 Å². The zero-order chi connectivity index (χ0) is 23.8. The van der Waals surface area contributed by atoms with Crippen LogP contribution in [0.3, 0.4) is 0 Å². The molecule has 6 heteroatoms. The molecule has 5 rings (SSSR count). The van der Waals surface area contributed by atoms with Gasteiger partial charge in [0.25, 0.3) is 0 Å². The number of rotatable bonds is 3. The van der Waals surface area contributed by atoms with Crippen molar-refractivity contribution in [2.75, 3.05) is 33.2 Å². The maximum Gasteiger partial charge on any atom is 0.222 e. The Hall–Kier alpha value is -1.11. The summed E-state index contributed by atoms with van der Waals surface area (Å²) in [5, 5.41) is 3.75. The third kappa shape index (κ3) is 5.19. The monoisotopic (exact) mass is 589 g/mol. The lowest BCUT2D eigenvalue weighted by atomic mass is 9.73. The average molecular weight is 591 g/mol. The predicted molar refractivity (Wildman–Crippen MR) is 146 cm³/mol. The van der Waals surface area contributed by atoms with Gasteiger partial charge in [-0.15, -0.1) is 0 Å². The lowest BCUT2D eigenvalue weighted by molar-refractivity contribution is -0.134. The number of hydrogen-bond donors (Lipinski definition) is 1. The van der Waals surface area contributed by atoms with Crippen molar-refractivity contribution in [3.05, 3.63) is 55.6 Å². The number of hydrogen-bond acceptors (Lipinski definition) is 3. The summed E-state index contributed by atoms with van der Waals surface area (Å²) in [5.74, 6) is 1.93. The van der Waals surface area contributed by atoms with Gasteiger partial charge in [-0.1, -0.05) is 22.0 Å². The molecule has 0 radical (unpaired) electrons. The first-order valence-electron chi connectivity index (χ1n) is 13.0. The van der Waals surface area contributed by atoms with Crippen LogP contribution >= 0.6 is 31.9 Å². The molecule has 34 heavy (non-hydrogen) atoms. The van der Waals surface area contributed by atoms with Crippen LogP contribution in [-0.4, -0.2) is 55.0 Å². The number of likely N-dealkylation sites (tertiary alicyclic amines) is 2. The number of carbonyl (C=O) groups excluding carboxylic acids is 1. The topological polar surface area (TPSA) is 35.6 Å². The molecule has 4 aliphatic rings. The standard InChI is InChI=1S/C28H37Br2N3O/c1-18-13-21-3-4-22-16-23(29)17-31-28(22)27(26(21)24(30)14-18)20-7-11-33(12-8-20)25(34)15-19-5-9-32(2)10-6-19/h13-14,16-17,19-20,27-28,31H,3-12,15H2,1-2H3/t27-,28?/m1/s1. The lowest BCUT2D eigenvalue weighted by Crippen LogP contribution is -2.45. The lowest BCUT2D eigenvalue weighted by Gasteiger charge is -2.41. The van der Waals surface area contributed by atoms with E-state index in [1.165, 1.54) is 26.7 Å². The molecule has 0 saturated carbocycles. The largest absolute Gasteiger partial charge is 0.383 e.